The van der Waals surface area contributed by atoms with Gasteiger partial charge in [0, 0.05) is 31.9 Å². The van der Waals surface area contributed by atoms with Gasteiger partial charge in [-0.15, -0.1) is 0 Å². The molecule has 0 bridgehead atoms. The summed E-state index contributed by atoms with van der Waals surface area (Å²) in [5, 5.41) is 9.13. The second kappa shape index (κ2) is 17.7. The first-order chi connectivity index (χ1) is 22.6. The van der Waals surface area contributed by atoms with Crippen LogP contribution in [-0.2, 0) is 4.74 Å². The van der Waals surface area contributed by atoms with Gasteiger partial charge < -0.3 is 25.6 Å². The molecule has 0 spiro atoms. The number of rotatable bonds is 14. The number of piperidine rings is 1. The number of nitrogens with one attached hydrogen (secondary N) is 3. The summed E-state index contributed by atoms with van der Waals surface area (Å²) < 4.78 is 5.53. The first-order valence-corrected chi connectivity index (χ1v) is 17.3. The van der Waals surface area contributed by atoms with E-state index in [2.05, 4.69) is 93.3 Å². The zero-order chi connectivity index (χ0) is 32.0. The molecule has 0 saturated carbocycles. The molecule has 2 aliphatic rings. The topological polar surface area (TPSA) is 85.9 Å². The molecular weight excluding hydrogens is 574 g/mol. The number of morpholine rings is 1. The van der Waals surface area contributed by atoms with Crippen molar-refractivity contribution in [1.82, 2.24) is 15.5 Å². The largest absolute Gasteiger partial charge is 0.378 e. The predicted octanol–water partition coefficient (Wildman–Crippen LogP) is 6.85. The highest BCUT2D eigenvalue weighted by atomic mass is 16.5. The third-order valence-corrected chi connectivity index (χ3v) is 9.23. The molecule has 46 heavy (non-hydrogen) atoms. The quantitative estimate of drug-likeness (QED) is 0.171. The molecule has 2 saturated heterocycles. The van der Waals surface area contributed by atoms with E-state index in [0.29, 0.717) is 43.5 Å². The molecule has 0 unspecified atom stereocenters. The van der Waals surface area contributed by atoms with Crippen LogP contribution in [0.1, 0.15) is 79.4 Å². The molecule has 0 radical (unpaired) electrons. The van der Waals surface area contributed by atoms with Crippen LogP contribution >= 0.6 is 0 Å². The monoisotopic (exact) mass is 625 g/mol. The SMILES string of the molecule is CCCCCCCNC(=O)Nc1ccc(N2CCOCC2)cc1C(=O)NCC1CCN(C(c2ccccc2)c2ccccc2)CC1. The third kappa shape index (κ3) is 9.56. The number of anilines is 2. The van der Waals surface area contributed by atoms with Gasteiger partial charge in [-0.25, -0.2) is 4.79 Å². The predicted molar refractivity (Wildman–Crippen MR) is 187 cm³/mol. The van der Waals surface area contributed by atoms with Crippen LogP contribution in [0.15, 0.2) is 78.9 Å². The maximum Gasteiger partial charge on any atom is 0.319 e. The molecule has 0 aromatic heterocycles. The molecule has 246 valence electrons. The van der Waals surface area contributed by atoms with Gasteiger partial charge in [0.15, 0.2) is 0 Å². The van der Waals surface area contributed by atoms with Gasteiger partial charge in [0.05, 0.1) is 30.5 Å². The number of amides is 3. The lowest BCUT2D eigenvalue weighted by molar-refractivity contribution is 0.0931. The molecule has 0 atom stereocenters. The van der Waals surface area contributed by atoms with Crippen LogP contribution in [0.5, 0.6) is 0 Å². The Morgan fingerprint density at radius 3 is 2.11 bits per heavy atom. The minimum Gasteiger partial charge on any atom is -0.378 e. The van der Waals surface area contributed by atoms with Crippen molar-refractivity contribution in [3.8, 4) is 0 Å². The smallest absolute Gasteiger partial charge is 0.319 e. The normalized spacial score (nSPS) is 15.9. The molecule has 8 heteroatoms. The van der Waals surface area contributed by atoms with Gasteiger partial charge in [0.25, 0.3) is 5.91 Å². The Labute approximate surface area is 274 Å². The van der Waals surface area contributed by atoms with Gasteiger partial charge in [-0.2, -0.15) is 0 Å². The van der Waals surface area contributed by atoms with Gasteiger partial charge in [-0.1, -0.05) is 93.3 Å². The summed E-state index contributed by atoms with van der Waals surface area (Å²) >= 11 is 0. The molecule has 2 fully saturated rings. The summed E-state index contributed by atoms with van der Waals surface area (Å²) in [6.07, 6.45) is 7.68. The van der Waals surface area contributed by atoms with Crippen LogP contribution in [0.4, 0.5) is 16.2 Å². The molecule has 2 heterocycles. The van der Waals surface area contributed by atoms with Crippen molar-refractivity contribution in [2.75, 3.05) is 62.7 Å². The highest BCUT2D eigenvalue weighted by Gasteiger charge is 2.28. The average Bonchev–Trinajstić information content (AvgIpc) is 3.11. The fraction of sp³-hybridized carbons (Fsp3) is 0.474. The highest BCUT2D eigenvalue weighted by Crippen LogP contribution is 2.32. The van der Waals surface area contributed by atoms with E-state index in [-0.39, 0.29) is 18.0 Å². The number of ether oxygens (including phenoxy) is 1. The number of urea groups is 1. The van der Waals surface area contributed by atoms with Crippen molar-refractivity contribution in [3.63, 3.8) is 0 Å². The zero-order valence-electron chi connectivity index (χ0n) is 27.4. The average molecular weight is 626 g/mol. The summed E-state index contributed by atoms with van der Waals surface area (Å²) in [6, 6.07) is 27.2. The Kier molecular flexibility index (Phi) is 12.9. The van der Waals surface area contributed by atoms with Crippen molar-refractivity contribution in [3.05, 3.63) is 95.6 Å². The first kappa shape index (κ1) is 33.5. The van der Waals surface area contributed by atoms with Crippen molar-refractivity contribution in [2.45, 2.75) is 57.9 Å². The van der Waals surface area contributed by atoms with Crippen LogP contribution in [0.25, 0.3) is 0 Å². The lowest BCUT2D eigenvalue weighted by atomic mass is 9.91. The summed E-state index contributed by atoms with van der Waals surface area (Å²) in [5.74, 6) is 0.237. The number of likely N-dealkylation sites (tertiary alicyclic amines) is 1. The van der Waals surface area contributed by atoms with E-state index in [9.17, 15) is 9.59 Å². The maximum atomic E-state index is 13.7. The van der Waals surface area contributed by atoms with Crippen molar-refractivity contribution < 1.29 is 14.3 Å². The molecule has 3 amide bonds. The number of carbonyl (C=O) groups is 2. The highest BCUT2D eigenvalue weighted by molar-refractivity contribution is 6.04. The van der Waals surface area contributed by atoms with E-state index in [1.54, 1.807) is 0 Å². The molecular formula is C38H51N5O3. The Hall–Kier alpha value is -3.88. The van der Waals surface area contributed by atoms with Crippen LogP contribution in [-0.4, -0.2) is 69.3 Å². The van der Waals surface area contributed by atoms with Crippen LogP contribution in [0, 0.1) is 5.92 Å². The van der Waals surface area contributed by atoms with E-state index in [0.717, 1.165) is 57.5 Å². The number of hydrogen-bond donors (Lipinski definition) is 3. The summed E-state index contributed by atoms with van der Waals surface area (Å²) in [4.78, 5) is 31.3. The molecule has 2 aliphatic heterocycles. The van der Waals surface area contributed by atoms with E-state index in [1.165, 1.54) is 30.4 Å². The van der Waals surface area contributed by atoms with Crippen molar-refractivity contribution in [2.24, 2.45) is 5.92 Å². The van der Waals surface area contributed by atoms with Gasteiger partial charge in [-0.3, -0.25) is 9.69 Å². The fourth-order valence-corrected chi connectivity index (χ4v) is 6.58. The lowest BCUT2D eigenvalue weighted by Crippen LogP contribution is -2.41. The number of benzene rings is 3. The van der Waals surface area contributed by atoms with Gasteiger partial charge >= 0.3 is 6.03 Å². The van der Waals surface area contributed by atoms with Crippen molar-refractivity contribution >= 4 is 23.3 Å². The second-order valence-electron chi connectivity index (χ2n) is 12.5. The van der Waals surface area contributed by atoms with Gasteiger partial charge in [-0.05, 0) is 67.6 Å². The zero-order valence-corrected chi connectivity index (χ0v) is 27.4. The first-order valence-electron chi connectivity index (χ1n) is 17.3. The van der Waals surface area contributed by atoms with Gasteiger partial charge in [0.1, 0.15) is 0 Å². The minimum absolute atomic E-state index is 0.154. The van der Waals surface area contributed by atoms with E-state index in [4.69, 9.17) is 4.74 Å². The number of hydrogen-bond acceptors (Lipinski definition) is 5. The Morgan fingerprint density at radius 2 is 1.46 bits per heavy atom. The molecule has 8 nitrogen and oxygen atoms in total. The molecule has 3 N–H and O–H groups in total. The Morgan fingerprint density at radius 1 is 0.804 bits per heavy atom. The standard InChI is InChI=1S/C38H51N5O3/c1-2-3-4-5-12-21-39-38(45)41-35-18-17-33(42-24-26-46-27-25-42)28-34(35)37(44)40-29-30-19-22-43(23-20-30)36(31-13-8-6-9-14-31)32-15-10-7-11-16-32/h6-11,13-18,28,30,36H,2-5,12,19-27,29H2,1H3,(H,40,44)(H2,39,41,45). The summed E-state index contributed by atoms with van der Waals surface area (Å²) in [5.41, 5.74) is 4.60. The Balaban J connectivity index is 1.19. The lowest BCUT2D eigenvalue weighted by Gasteiger charge is -2.38. The molecule has 3 aromatic rings. The van der Waals surface area contributed by atoms with E-state index in [1.807, 2.05) is 18.2 Å². The molecule has 3 aromatic carbocycles. The Bertz CT molecular complexity index is 1320. The van der Waals surface area contributed by atoms with E-state index < -0.39 is 0 Å². The molecule has 0 aliphatic carbocycles. The van der Waals surface area contributed by atoms with Crippen LogP contribution in [0.2, 0.25) is 0 Å². The third-order valence-electron chi connectivity index (χ3n) is 9.23. The second-order valence-corrected chi connectivity index (χ2v) is 12.5. The summed E-state index contributed by atoms with van der Waals surface area (Å²) in [6.45, 7) is 8.24. The van der Waals surface area contributed by atoms with Crippen molar-refractivity contribution in [1.29, 1.82) is 0 Å². The minimum atomic E-state index is -0.276. The maximum absolute atomic E-state index is 13.7. The summed E-state index contributed by atoms with van der Waals surface area (Å²) in [7, 11) is 0. The molecule has 5 rings (SSSR count). The number of carbonyl (C=O) groups excluding carboxylic acids is 2. The number of unbranched alkanes of at least 4 members (excludes halogenated alkanes) is 4. The van der Waals surface area contributed by atoms with E-state index >= 15 is 0 Å². The number of nitrogens with zero attached hydrogens (tertiary/aromatic N) is 2. The van der Waals surface area contributed by atoms with Crippen LogP contribution < -0.4 is 20.9 Å². The van der Waals surface area contributed by atoms with Crippen LogP contribution in [0.3, 0.4) is 0 Å². The fourth-order valence-electron chi connectivity index (χ4n) is 6.58. The van der Waals surface area contributed by atoms with Gasteiger partial charge in [0.2, 0.25) is 0 Å².